The van der Waals surface area contributed by atoms with Crippen molar-refractivity contribution >= 4 is 22.7 Å². The van der Waals surface area contributed by atoms with E-state index in [2.05, 4.69) is 36.9 Å². The first-order valence-electron chi connectivity index (χ1n) is 8.79. The van der Waals surface area contributed by atoms with Crippen molar-refractivity contribution in [3.8, 4) is 0 Å². The highest BCUT2D eigenvalue weighted by Gasteiger charge is 2.12. The van der Waals surface area contributed by atoms with E-state index in [-0.39, 0.29) is 5.56 Å². The fraction of sp³-hybridized carbons (Fsp3) is 0.333. The Morgan fingerprint density at radius 2 is 1.88 bits per heavy atom. The molecule has 2 aromatic carbocycles. The Balaban J connectivity index is 1.98. The lowest BCUT2D eigenvalue weighted by atomic mass is 10.1. The molecule has 26 heavy (non-hydrogen) atoms. The Morgan fingerprint density at radius 1 is 1.12 bits per heavy atom. The van der Waals surface area contributed by atoms with Crippen LogP contribution in [-0.2, 0) is 12.3 Å². The highest BCUT2D eigenvalue weighted by molar-refractivity contribution is 7.98. The number of aromatic nitrogens is 2. The molecule has 0 radical (unpaired) electrons. The van der Waals surface area contributed by atoms with Crippen LogP contribution in [0.1, 0.15) is 16.7 Å². The molecule has 3 rings (SSSR count). The van der Waals surface area contributed by atoms with Crippen LogP contribution in [0.4, 0.5) is 0 Å². The molecule has 0 N–H and O–H groups in total. The maximum Gasteiger partial charge on any atom is 0.262 e. The fourth-order valence-corrected chi connectivity index (χ4v) is 3.94. The summed E-state index contributed by atoms with van der Waals surface area (Å²) in [5.74, 6) is 0.806. The van der Waals surface area contributed by atoms with Crippen molar-refractivity contribution in [3.63, 3.8) is 0 Å². The number of hydrogen-bond acceptors (Lipinski definition) is 4. The molecule has 0 saturated carbocycles. The molecule has 4 nitrogen and oxygen atoms in total. The number of likely N-dealkylation sites (N-methyl/N-ethyl adjacent to an activating group) is 1. The quantitative estimate of drug-likeness (QED) is 0.490. The van der Waals surface area contributed by atoms with E-state index in [1.165, 1.54) is 16.7 Å². The standard InChI is InChI=1S/C21H25N3OS/c1-15-9-10-16(2)17(13-15)14-26-21-22-19-8-6-5-7-18(19)20(25)24(21)12-11-23(3)4/h5-10,13H,11-12,14H2,1-4H3. The lowest BCUT2D eigenvalue weighted by molar-refractivity contribution is 0.371. The Kier molecular flexibility index (Phi) is 5.79. The van der Waals surface area contributed by atoms with E-state index in [9.17, 15) is 4.79 Å². The molecule has 0 aliphatic rings. The summed E-state index contributed by atoms with van der Waals surface area (Å²) in [4.78, 5) is 19.9. The van der Waals surface area contributed by atoms with Crippen LogP contribution in [0.2, 0.25) is 0 Å². The second-order valence-electron chi connectivity index (χ2n) is 6.89. The van der Waals surface area contributed by atoms with Crippen LogP contribution >= 0.6 is 11.8 Å². The van der Waals surface area contributed by atoms with Crippen molar-refractivity contribution in [2.75, 3.05) is 20.6 Å². The van der Waals surface area contributed by atoms with Crippen LogP contribution in [0.5, 0.6) is 0 Å². The second kappa shape index (κ2) is 8.06. The van der Waals surface area contributed by atoms with Crippen molar-refractivity contribution < 1.29 is 0 Å². The third kappa shape index (κ3) is 4.17. The van der Waals surface area contributed by atoms with E-state index in [4.69, 9.17) is 4.98 Å². The van der Waals surface area contributed by atoms with Gasteiger partial charge >= 0.3 is 0 Å². The van der Waals surface area contributed by atoms with Crippen molar-refractivity contribution in [1.82, 2.24) is 14.5 Å². The number of aryl methyl sites for hydroxylation is 2. The van der Waals surface area contributed by atoms with Crippen LogP contribution in [-0.4, -0.2) is 35.1 Å². The molecule has 136 valence electrons. The van der Waals surface area contributed by atoms with E-state index in [1.54, 1.807) is 11.8 Å². The molecule has 0 aliphatic carbocycles. The molecular formula is C21H25N3OS. The van der Waals surface area contributed by atoms with Crippen molar-refractivity contribution in [2.24, 2.45) is 0 Å². The molecule has 0 spiro atoms. The van der Waals surface area contributed by atoms with Crippen molar-refractivity contribution in [1.29, 1.82) is 0 Å². The summed E-state index contributed by atoms with van der Waals surface area (Å²) in [6.07, 6.45) is 0. The molecule has 1 aromatic heterocycles. The summed E-state index contributed by atoms with van der Waals surface area (Å²) < 4.78 is 1.82. The van der Waals surface area contributed by atoms with Gasteiger partial charge in [-0.05, 0) is 51.2 Å². The van der Waals surface area contributed by atoms with Gasteiger partial charge in [-0.15, -0.1) is 0 Å². The molecule has 5 heteroatoms. The van der Waals surface area contributed by atoms with Gasteiger partial charge in [0.15, 0.2) is 5.16 Å². The molecule has 1 heterocycles. The van der Waals surface area contributed by atoms with E-state index >= 15 is 0 Å². The zero-order valence-corrected chi connectivity index (χ0v) is 16.6. The summed E-state index contributed by atoms with van der Waals surface area (Å²) in [7, 11) is 4.03. The zero-order chi connectivity index (χ0) is 18.7. The van der Waals surface area contributed by atoms with Crippen molar-refractivity contribution in [2.45, 2.75) is 31.3 Å². The largest absolute Gasteiger partial charge is 0.308 e. The first kappa shape index (κ1) is 18.7. The Bertz CT molecular complexity index is 979. The van der Waals surface area contributed by atoms with Gasteiger partial charge in [-0.1, -0.05) is 47.7 Å². The van der Waals surface area contributed by atoms with Gasteiger partial charge in [0.2, 0.25) is 0 Å². The van der Waals surface area contributed by atoms with Crippen molar-refractivity contribution in [3.05, 3.63) is 69.5 Å². The third-order valence-corrected chi connectivity index (χ3v) is 5.48. The average molecular weight is 368 g/mol. The molecule has 3 aromatic rings. The van der Waals surface area contributed by atoms with E-state index in [1.807, 2.05) is 42.9 Å². The highest BCUT2D eigenvalue weighted by atomic mass is 32.2. The maximum absolute atomic E-state index is 13.0. The second-order valence-corrected chi connectivity index (χ2v) is 7.83. The SMILES string of the molecule is Cc1ccc(C)c(CSc2nc3ccccc3c(=O)n2CCN(C)C)c1. The summed E-state index contributed by atoms with van der Waals surface area (Å²) in [6, 6.07) is 14.1. The van der Waals surface area contributed by atoms with Gasteiger partial charge in [0, 0.05) is 18.8 Å². The fourth-order valence-electron chi connectivity index (χ4n) is 2.85. The van der Waals surface area contributed by atoms with Crippen LogP contribution in [0.15, 0.2) is 52.4 Å². The van der Waals surface area contributed by atoms with Gasteiger partial charge in [-0.25, -0.2) is 4.98 Å². The minimum absolute atomic E-state index is 0.0425. The third-order valence-electron chi connectivity index (χ3n) is 4.46. The smallest absolute Gasteiger partial charge is 0.262 e. The lowest BCUT2D eigenvalue weighted by Gasteiger charge is -2.16. The van der Waals surface area contributed by atoms with Gasteiger partial charge in [0.05, 0.1) is 10.9 Å². The summed E-state index contributed by atoms with van der Waals surface area (Å²) >= 11 is 1.64. The molecule has 0 bridgehead atoms. The number of fused-ring (bicyclic) bond motifs is 1. The summed E-state index contributed by atoms with van der Waals surface area (Å²) in [5, 5.41) is 1.47. The summed E-state index contributed by atoms with van der Waals surface area (Å²) in [6.45, 7) is 5.67. The van der Waals surface area contributed by atoms with Crippen LogP contribution < -0.4 is 5.56 Å². The Labute approximate surface area is 158 Å². The average Bonchev–Trinajstić information content (AvgIpc) is 2.61. The molecule has 0 aliphatic heterocycles. The number of hydrogen-bond donors (Lipinski definition) is 0. The minimum Gasteiger partial charge on any atom is -0.308 e. The van der Waals surface area contributed by atoms with E-state index in [0.29, 0.717) is 11.9 Å². The summed E-state index contributed by atoms with van der Waals surface area (Å²) in [5.41, 5.74) is 4.62. The Hall–Kier alpha value is -2.11. The molecular weight excluding hydrogens is 342 g/mol. The van der Waals surface area contributed by atoms with E-state index in [0.717, 1.165) is 23.0 Å². The number of nitrogens with zero attached hydrogens (tertiary/aromatic N) is 3. The first-order valence-corrected chi connectivity index (χ1v) is 9.77. The van der Waals surface area contributed by atoms with Gasteiger partial charge in [-0.2, -0.15) is 0 Å². The van der Waals surface area contributed by atoms with Gasteiger partial charge in [0.1, 0.15) is 0 Å². The van der Waals surface area contributed by atoms with Crippen LogP contribution in [0, 0.1) is 13.8 Å². The Morgan fingerprint density at radius 3 is 2.65 bits per heavy atom. The normalized spacial score (nSPS) is 11.4. The monoisotopic (exact) mass is 367 g/mol. The molecule has 0 saturated heterocycles. The number of thioether (sulfide) groups is 1. The molecule has 0 amide bonds. The van der Waals surface area contributed by atoms with Gasteiger partial charge in [0.25, 0.3) is 5.56 Å². The minimum atomic E-state index is 0.0425. The van der Waals surface area contributed by atoms with Gasteiger partial charge < -0.3 is 4.90 Å². The molecule has 0 fully saturated rings. The number of benzene rings is 2. The lowest BCUT2D eigenvalue weighted by Crippen LogP contribution is -2.28. The number of para-hydroxylation sites is 1. The topological polar surface area (TPSA) is 38.1 Å². The maximum atomic E-state index is 13.0. The predicted octanol–water partition coefficient (Wildman–Crippen LogP) is 3.87. The van der Waals surface area contributed by atoms with Crippen LogP contribution in [0.3, 0.4) is 0 Å². The predicted molar refractivity (Wildman–Crippen MR) is 110 cm³/mol. The van der Waals surface area contributed by atoms with Gasteiger partial charge in [-0.3, -0.25) is 9.36 Å². The number of rotatable bonds is 6. The zero-order valence-electron chi connectivity index (χ0n) is 15.8. The molecule has 0 atom stereocenters. The van der Waals surface area contributed by atoms with Crippen LogP contribution in [0.25, 0.3) is 10.9 Å². The van der Waals surface area contributed by atoms with E-state index < -0.39 is 0 Å². The molecule has 0 unspecified atom stereocenters. The highest BCUT2D eigenvalue weighted by Crippen LogP contribution is 2.24. The first-order chi connectivity index (χ1) is 12.5.